The molecule has 0 aromatic heterocycles. The molecule has 1 aromatic carbocycles. The molecule has 3 nitrogen and oxygen atoms in total. The van der Waals surface area contributed by atoms with Gasteiger partial charge in [-0.1, -0.05) is 29.8 Å². The van der Waals surface area contributed by atoms with Gasteiger partial charge < -0.3 is 5.32 Å². The van der Waals surface area contributed by atoms with Crippen molar-refractivity contribution >= 4 is 5.91 Å². The van der Waals surface area contributed by atoms with Crippen LogP contribution < -0.4 is 5.32 Å². The molecular weight excluding hydrogens is 224 g/mol. The number of rotatable bonds is 5. The third kappa shape index (κ3) is 5.01. The second-order valence-corrected chi connectivity index (χ2v) is 5.26. The maximum atomic E-state index is 11.6. The summed E-state index contributed by atoms with van der Waals surface area (Å²) in [5, 5.41) is 11.7. The van der Waals surface area contributed by atoms with E-state index in [2.05, 4.69) is 36.5 Å². The van der Waals surface area contributed by atoms with Gasteiger partial charge in [-0.3, -0.25) is 4.79 Å². The van der Waals surface area contributed by atoms with Gasteiger partial charge in [0.1, 0.15) is 0 Å². The predicted molar refractivity (Wildman–Crippen MR) is 71.9 cm³/mol. The van der Waals surface area contributed by atoms with Crippen molar-refractivity contribution in [2.75, 3.05) is 6.54 Å². The van der Waals surface area contributed by atoms with E-state index >= 15 is 0 Å². The zero-order valence-corrected chi connectivity index (χ0v) is 11.3. The fourth-order valence-corrected chi connectivity index (χ4v) is 1.72. The highest BCUT2D eigenvalue weighted by atomic mass is 16.1. The normalized spacial score (nSPS) is 10.8. The number of aryl methyl sites for hydroxylation is 1. The van der Waals surface area contributed by atoms with Crippen molar-refractivity contribution in [2.45, 2.75) is 33.6 Å². The third-order valence-electron chi connectivity index (χ3n) is 2.72. The average molecular weight is 244 g/mol. The van der Waals surface area contributed by atoms with E-state index in [9.17, 15) is 4.79 Å². The maximum absolute atomic E-state index is 11.6. The van der Waals surface area contributed by atoms with Crippen LogP contribution >= 0.6 is 0 Å². The molecular formula is C15H20N2O. The van der Waals surface area contributed by atoms with Crippen molar-refractivity contribution in [2.24, 2.45) is 5.41 Å². The van der Waals surface area contributed by atoms with Crippen LogP contribution in [0.25, 0.3) is 0 Å². The average Bonchev–Trinajstić information content (AvgIpc) is 2.28. The van der Waals surface area contributed by atoms with Crippen molar-refractivity contribution in [3.8, 4) is 6.07 Å². The van der Waals surface area contributed by atoms with Crippen LogP contribution in [0, 0.1) is 23.7 Å². The molecule has 0 atom stereocenters. The van der Waals surface area contributed by atoms with Crippen LogP contribution in [-0.4, -0.2) is 12.5 Å². The van der Waals surface area contributed by atoms with E-state index in [1.165, 1.54) is 11.1 Å². The number of nitrogens with one attached hydrogen (secondary N) is 1. The molecule has 0 bridgehead atoms. The predicted octanol–water partition coefficient (Wildman–Crippen LogP) is 2.59. The molecule has 1 amide bonds. The Morgan fingerprint density at radius 2 is 2.17 bits per heavy atom. The Labute approximate surface area is 109 Å². The van der Waals surface area contributed by atoms with E-state index in [0.717, 1.165) is 6.42 Å². The summed E-state index contributed by atoms with van der Waals surface area (Å²) in [6.45, 7) is 6.21. The number of benzene rings is 1. The molecule has 0 aliphatic carbocycles. The Hall–Kier alpha value is -1.82. The van der Waals surface area contributed by atoms with Gasteiger partial charge >= 0.3 is 0 Å². The number of amides is 1. The molecule has 1 rings (SSSR count). The lowest BCUT2D eigenvalue weighted by Crippen LogP contribution is -2.29. The molecule has 0 aliphatic rings. The molecule has 96 valence electrons. The molecule has 1 N–H and O–H groups in total. The molecule has 0 radical (unpaired) electrons. The van der Waals surface area contributed by atoms with E-state index in [1.54, 1.807) is 13.8 Å². The van der Waals surface area contributed by atoms with Gasteiger partial charge in [0, 0.05) is 13.0 Å². The van der Waals surface area contributed by atoms with Crippen LogP contribution in [0.2, 0.25) is 0 Å². The Bertz CT molecular complexity index is 458. The SMILES string of the molecule is Cc1cccc(CCNC(=O)CC(C)(C)C#N)c1. The number of carbonyl (C=O) groups excluding carboxylic acids is 1. The fourth-order valence-electron chi connectivity index (χ4n) is 1.72. The summed E-state index contributed by atoms with van der Waals surface area (Å²) in [4.78, 5) is 11.6. The minimum absolute atomic E-state index is 0.0609. The molecule has 0 fully saturated rings. The first-order valence-corrected chi connectivity index (χ1v) is 6.16. The van der Waals surface area contributed by atoms with E-state index in [4.69, 9.17) is 5.26 Å². The van der Waals surface area contributed by atoms with Crippen molar-refractivity contribution in [3.63, 3.8) is 0 Å². The zero-order chi connectivity index (χ0) is 13.6. The van der Waals surface area contributed by atoms with Crippen molar-refractivity contribution in [1.29, 1.82) is 5.26 Å². The van der Waals surface area contributed by atoms with Gasteiger partial charge in [0.2, 0.25) is 5.91 Å². The number of nitriles is 1. The van der Waals surface area contributed by atoms with E-state index in [1.807, 2.05) is 6.07 Å². The number of hydrogen-bond donors (Lipinski definition) is 1. The lowest BCUT2D eigenvalue weighted by molar-refractivity contribution is -0.122. The first-order valence-electron chi connectivity index (χ1n) is 6.16. The number of hydrogen-bond acceptors (Lipinski definition) is 2. The van der Waals surface area contributed by atoms with Crippen molar-refractivity contribution < 1.29 is 4.79 Å². The minimum Gasteiger partial charge on any atom is -0.356 e. The summed E-state index contributed by atoms with van der Waals surface area (Å²) in [6.07, 6.45) is 1.07. The van der Waals surface area contributed by atoms with Crippen LogP contribution in [0.3, 0.4) is 0 Å². The molecule has 0 saturated heterocycles. The quantitative estimate of drug-likeness (QED) is 0.865. The lowest BCUT2D eigenvalue weighted by Gasteiger charge is -2.14. The van der Waals surface area contributed by atoms with Gasteiger partial charge in [0.15, 0.2) is 0 Å². The fraction of sp³-hybridized carbons (Fsp3) is 0.467. The van der Waals surface area contributed by atoms with Gasteiger partial charge in [0.25, 0.3) is 0 Å². The van der Waals surface area contributed by atoms with Gasteiger partial charge in [-0.05, 0) is 32.8 Å². The Morgan fingerprint density at radius 1 is 1.44 bits per heavy atom. The summed E-state index contributed by atoms with van der Waals surface area (Å²) in [7, 11) is 0. The summed E-state index contributed by atoms with van der Waals surface area (Å²) >= 11 is 0. The molecule has 0 unspecified atom stereocenters. The summed E-state index contributed by atoms with van der Waals surface area (Å²) in [5.74, 6) is -0.0609. The molecule has 0 aliphatic heterocycles. The summed E-state index contributed by atoms with van der Waals surface area (Å²) < 4.78 is 0. The van der Waals surface area contributed by atoms with Gasteiger partial charge in [0.05, 0.1) is 11.5 Å². The van der Waals surface area contributed by atoms with Crippen LogP contribution in [0.1, 0.15) is 31.4 Å². The van der Waals surface area contributed by atoms with Gasteiger partial charge in [-0.25, -0.2) is 0 Å². The Balaban J connectivity index is 2.35. The van der Waals surface area contributed by atoms with Crippen LogP contribution in [0.5, 0.6) is 0 Å². The highest BCUT2D eigenvalue weighted by molar-refractivity contribution is 5.76. The first kappa shape index (κ1) is 14.2. The second kappa shape index (κ2) is 6.20. The Kier molecular flexibility index (Phi) is 4.91. The zero-order valence-electron chi connectivity index (χ0n) is 11.3. The highest BCUT2D eigenvalue weighted by Gasteiger charge is 2.20. The minimum atomic E-state index is -0.590. The van der Waals surface area contributed by atoms with Gasteiger partial charge in [-0.2, -0.15) is 5.26 Å². The summed E-state index contributed by atoms with van der Waals surface area (Å²) in [6, 6.07) is 10.4. The molecule has 1 aromatic rings. The number of nitrogens with zero attached hydrogens (tertiary/aromatic N) is 1. The molecule has 3 heteroatoms. The highest BCUT2D eigenvalue weighted by Crippen LogP contribution is 2.17. The van der Waals surface area contributed by atoms with Crippen LogP contribution in [0.15, 0.2) is 24.3 Å². The third-order valence-corrected chi connectivity index (χ3v) is 2.72. The van der Waals surface area contributed by atoms with Crippen molar-refractivity contribution in [3.05, 3.63) is 35.4 Å². The topological polar surface area (TPSA) is 52.9 Å². The second-order valence-electron chi connectivity index (χ2n) is 5.26. The largest absolute Gasteiger partial charge is 0.356 e. The maximum Gasteiger partial charge on any atom is 0.221 e. The van der Waals surface area contributed by atoms with E-state index in [0.29, 0.717) is 6.54 Å². The van der Waals surface area contributed by atoms with E-state index < -0.39 is 5.41 Å². The number of carbonyl (C=O) groups is 1. The first-order chi connectivity index (χ1) is 8.43. The molecule has 0 spiro atoms. The smallest absolute Gasteiger partial charge is 0.221 e. The molecule has 18 heavy (non-hydrogen) atoms. The van der Waals surface area contributed by atoms with Crippen LogP contribution in [0.4, 0.5) is 0 Å². The van der Waals surface area contributed by atoms with Crippen LogP contribution in [-0.2, 0) is 11.2 Å². The van der Waals surface area contributed by atoms with Crippen molar-refractivity contribution in [1.82, 2.24) is 5.32 Å². The van der Waals surface area contributed by atoms with E-state index in [-0.39, 0.29) is 12.3 Å². The summed E-state index contributed by atoms with van der Waals surface area (Å²) in [5.41, 5.74) is 1.85. The van der Waals surface area contributed by atoms with Gasteiger partial charge in [-0.15, -0.1) is 0 Å². The standard InChI is InChI=1S/C15H20N2O/c1-12-5-4-6-13(9-12)7-8-17-14(18)10-15(2,3)11-16/h4-6,9H,7-8,10H2,1-3H3,(H,17,18). The monoisotopic (exact) mass is 244 g/mol. The Morgan fingerprint density at radius 3 is 2.78 bits per heavy atom. The lowest BCUT2D eigenvalue weighted by atomic mass is 9.91. The molecule has 0 heterocycles. The molecule has 0 saturated carbocycles.